The Hall–Kier alpha value is -2.27. The number of sulfonamides is 2. The fraction of sp³-hybridized carbons (Fsp3) is 0.409. The van der Waals surface area contributed by atoms with Gasteiger partial charge < -0.3 is 0 Å². The molecule has 2 saturated heterocycles. The van der Waals surface area contributed by atoms with Crippen molar-refractivity contribution in [3.8, 4) is 0 Å². The fourth-order valence-corrected chi connectivity index (χ4v) is 7.66. The maximum absolute atomic E-state index is 13.1. The Kier molecular flexibility index (Phi) is 5.91. The van der Waals surface area contributed by atoms with Gasteiger partial charge >= 0.3 is 0 Å². The third kappa shape index (κ3) is 4.32. The van der Waals surface area contributed by atoms with Crippen LogP contribution in [-0.2, 0) is 31.4 Å². The molecule has 0 aliphatic carbocycles. The smallest absolute Gasteiger partial charge is 0.247 e. The number of amides is 1. The van der Waals surface area contributed by atoms with Crippen LogP contribution in [0.5, 0.6) is 0 Å². The van der Waals surface area contributed by atoms with Crippen LogP contribution in [0.3, 0.4) is 0 Å². The van der Waals surface area contributed by atoms with Crippen molar-refractivity contribution in [1.29, 1.82) is 0 Å². The van der Waals surface area contributed by atoms with Gasteiger partial charge in [0.1, 0.15) is 0 Å². The van der Waals surface area contributed by atoms with Crippen LogP contribution in [0.25, 0.3) is 0 Å². The second kappa shape index (κ2) is 8.26. The lowest BCUT2D eigenvalue weighted by molar-refractivity contribution is -0.123. The molecule has 0 unspecified atom stereocenters. The Morgan fingerprint density at radius 3 is 2.03 bits per heavy atom. The van der Waals surface area contributed by atoms with Crippen LogP contribution in [0, 0.1) is 5.41 Å². The maximum atomic E-state index is 13.1. The summed E-state index contributed by atoms with van der Waals surface area (Å²) in [4.78, 5) is 14.9. The Morgan fingerprint density at radius 2 is 1.50 bits per heavy atom. The predicted octanol–water partition coefficient (Wildman–Crippen LogP) is 1.90. The minimum Gasteiger partial charge on any atom is -0.296 e. The summed E-state index contributed by atoms with van der Waals surface area (Å²) in [6.07, 6.45) is 0. The van der Waals surface area contributed by atoms with Crippen molar-refractivity contribution in [3.63, 3.8) is 0 Å². The van der Waals surface area contributed by atoms with Crippen molar-refractivity contribution in [2.75, 3.05) is 36.2 Å². The summed E-state index contributed by atoms with van der Waals surface area (Å²) >= 11 is 0. The van der Waals surface area contributed by atoms with Gasteiger partial charge in [-0.15, -0.1) is 0 Å². The highest BCUT2D eigenvalue weighted by Gasteiger charge is 2.49. The summed E-state index contributed by atoms with van der Waals surface area (Å²) in [6, 6.07) is 15.6. The molecule has 0 N–H and O–H groups in total. The molecule has 2 fully saturated rings. The van der Waals surface area contributed by atoms with E-state index in [4.69, 9.17) is 0 Å². The first-order chi connectivity index (χ1) is 15.0. The molecule has 32 heavy (non-hydrogen) atoms. The minimum absolute atomic E-state index is 0.0843. The number of nitrogens with zero attached hydrogens (tertiary/aromatic N) is 3. The number of piperazine rings is 1. The van der Waals surface area contributed by atoms with Gasteiger partial charge in [0.25, 0.3) is 0 Å². The molecule has 2 aliphatic heterocycles. The zero-order valence-corrected chi connectivity index (χ0v) is 19.8. The maximum Gasteiger partial charge on any atom is 0.247 e. The van der Waals surface area contributed by atoms with Crippen LogP contribution in [-0.4, -0.2) is 63.9 Å². The lowest BCUT2D eigenvalue weighted by Crippen LogP contribution is -2.48. The molecule has 2 heterocycles. The predicted molar refractivity (Wildman–Crippen MR) is 122 cm³/mol. The summed E-state index contributed by atoms with van der Waals surface area (Å²) in [5, 5.41) is 0. The van der Waals surface area contributed by atoms with E-state index >= 15 is 0 Å². The zero-order valence-electron chi connectivity index (χ0n) is 18.1. The van der Waals surface area contributed by atoms with Crippen LogP contribution in [0.2, 0.25) is 0 Å². The molecule has 0 aromatic heterocycles. The third-order valence-corrected chi connectivity index (χ3v) is 9.81. The SMILES string of the molecule is CC1(C)CS(=O)(=O)N(c2ccc(S(=O)(=O)N3CCN(Cc4ccccc4)CC3)cc2)C1=O. The Balaban J connectivity index is 1.46. The van der Waals surface area contributed by atoms with E-state index in [2.05, 4.69) is 17.0 Å². The number of benzene rings is 2. The van der Waals surface area contributed by atoms with Crippen molar-refractivity contribution in [3.05, 3.63) is 60.2 Å². The molecule has 0 radical (unpaired) electrons. The first kappa shape index (κ1) is 22.9. The average molecular weight is 478 g/mol. The van der Waals surface area contributed by atoms with E-state index in [1.165, 1.54) is 34.1 Å². The van der Waals surface area contributed by atoms with Crippen LogP contribution < -0.4 is 4.31 Å². The molecule has 0 atom stereocenters. The molecule has 8 nitrogen and oxygen atoms in total. The standard InChI is InChI=1S/C22H27N3O5S2/c1-22(2)17-31(27,28)25(21(22)26)19-8-10-20(11-9-19)32(29,30)24-14-12-23(13-15-24)16-18-6-4-3-5-7-18/h3-11H,12-17H2,1-2H3. The first-order valence-electron chi connectivity index (χ1n) is 10.4. The molecule has 10 heteroatoms. The molecule has 2 aromatic carbocycles. The zero-order chi connectivity index (χ0) is 23.1. The topological polar surface area (TPSA) is 95.1 Å². The molecule has 0 saturated carbocycles. The van der Waals surface area contributed by atoms with Crippen LogP contribution in [0.4, 0.5) is 5.69 Å². The van der Waals surface area contributed by atoms with Gasteiger partial charge in [-0.1, -0.05) is 30.3 Å². The molecule has 1 amide bonds. The van der Waals surface area contributed by atoms with Crippen molar-refractivity contribution in [2.24, 2.45) is 5.41 Å². The van der Waals surface area contributed by atoms with Gasteiger partial charge in [-0.25, -0.2) is 21.1 Å². The second-order valence-electron chi connectivity index (χ2n) is 8.87. The Morgan fingerprint density at radius 1 is 0.906 bits per heavy atom. The second-order valence-corrected chi connectivity index (χ2v) is 12.6. The summed E-state index contributed by atoms with van der Waals surface area (Å²) in [5.74, 6) is -0.783. The van der Waals surface area contributed by atoms with Crippen LogP contribution in [0.1, 0.15) is 19.4 Å². The molecule has 0 bridgehead atoms. The van der Waals surface area contributed by atoms with Gasteiger partial charge in [-0.2, -0.15) is 4.31 Å². The van der Waals surface area contributed by atoms with Crippen LogP contribution >= 0.6 is 0 Å². The Bertz CT molecular complexity index is 1200. The molecule has 172 valence electrons. The van der Waals surface area contributed by atoms with Gasteiger partial charge in [0.05, 0.1) is 21.8 Å². The largest absolute Gasteiger partial charge is 0.296 e. The van der Waals surface area contributed by atoms with Crippen molar-refractivity contribution < 1.29 is 21.6 Å². The van der Waals surface area contributed by atoms with Gasteiger partial charge in [0.2, 0.25) is 26.0 Å². The van der Waals surface area contributed by atoms with E-state index in [0.717, 1.165) is 10.8 Å². The number of hydrogen-bond acceptors (Lipinski definition) is 6. The third-order valence-electron chi connectivity index (χ3n) is 5.87. The van der Waals surface area contributed by atoms with Gasteiger partial charge in [-0.05, 0) is 43.7 Å². The summed E-state index contributed by atoms with van der Waals surface area (Å²) < 4.78 is 53.3. The van der Waals surface area contributed by atoms with E-state index < -0.39 is 31.4 Å². The number of carbonyl (C=O) groups excluding carboxylic acids is 1. The molecule has 2 aliphatic rings. The van der Waals surface area contributed by atoms with Gasteiger partial charge in [-0.3, -0.25) is 9.69 Å². The average Bonchev–Trinajstić information content (AvgIpc) is 2.91. The molecule has 4 rings (SSSR count). The van der Waals surface area contributed by atoms with E-state index in [-0.39, 0.29) is 16.3 Å². The van der Waals surface area contributed by atoms with Crippen molar-refractivity contribution in [1.82, 2.24) is 9.21 Å². The highest BCUT2D eigenvalue weighted by Crippen LogP contribution is 2.36. The summed E-state index contributed by atoms with van der Waals surface area (Å²) in [6.45, 7) is 5.96. The van der Waals surface area contributed by atoms with E-state index in [0.29, 0.717) is 26.2 Å². The highest BCUT2D eigenvalue weighted by atomic mass is 32.2. The Labute approximate surface area is 189 Å². The molecule has 2 aromatic rings. The lowest BCUT2D eigenvalue weighted by Gasteiger charge is -2.34. The van der Waals surface area contributed by atoms with E-state index in [1.54, 1.807) is 13.8 Å². The first-order valence-corrected chi connectivity index (χ1v) is 13.5. The number of hydrogen-bond donors (Lipinski definition) is 0. The highest BCUT2D eigenvalue weighted by molar-refractivity contribution is 7.94. The van der Waals surface area contributed by atoms with Crippen molar-refractivity contribution >= 4 is 31.6 Å². The van der Waals surface area contributed by atoms with Crippen molar-refractivity contribution in [2.45, 2.75) is 25.3 Å². The van der Waals surface area contributed by atoms with Crippen LogP contribution in [0.15, 0.2) is 59.5 Å². The van der Waals surface area contributed by atoms with Gasteiger partial charge in [0, 0.05) is 32.7 Å². The molecular formula is C22H27N3O5S2. The normalized spacial score (nSPS) is 21.7. The lowest BCUT2D eigenvalue weighted by atomic mass is 9.95. The number of carbonyl (C=O) groups is 1. The quantitative estimate of drug-likeness (QED) is 0.653. The monoisotopic (exact) mass is 477 g/mol. The van der Waals surface area contributed by atoms with Gasteiger partial charge in [0.15, 0.2) is 0 Å². The minimum atomic E-state index is -3.78. The summed E-state index contributed by atoms with van der Waals surface area (Å²) in [5.41, 5.74) is 0.337. The molecule has 0 spiro atoms. The van der Waals surface area contributed by atoms with E-state index in [1.807, 2.05) is 18.2 Å². The number of rotatable bonds is 5. The van der Waals surface area contributed by atoms with E-state index in [9.17, 15) is 21.6 Å². The molecular weight excluding hydrogens is 450 g/mol. The number of anilines is 1. The fourth-order valence-electron chi connectivity index (χ4n) is 4.13. The summed E-state index contributed by atoms with van der Waals surface area (Å²) in [7, 11) is -7.49.